The largest absolute Gasteiger partial charge is 0.409 e. The van der Waals surface area contributed by atoms with Crippen LogP contribution in [-0.4, -0.2) is 13.9 Å². The third-order valence-corrected chi connectivity index (χ3v) is 4.07. The first-order valence-corrected chi connectivity index (χ1v) is 10.7. The zero-order valence-corrected chi connectivity index (χ0v) is 14.1. The van der Waals surface area contributed by atoms with E-state index in [9.17, 15) is 0 Å². The smallest absolute Gasteiger partial charge is 0.184 e. The molecule has 0 aliphatic rings. The Morgan fingerprint density at radius 3 is 2.32 bits per heavy atom. The van der Waals surface area contributed by atoms with Crippen molar-refractivity contribution in [2.24, 2.45) is 0 Å². The second-order valence-corrected chi connectivity index (χ2v) is 10.8. The van der Waals surface area contributed by atoms with Crippen molar-refractivity contribution in [1.82, 2.24) is 0 Å². The summed E-state index contributed by atoms with van der Waals surface area (Å²) in [7, 11) is -1.53. The van der Waals surface area contributed by atoms with Crippen LogP contribution in [0.15, 0.2) is 36.4 Å². The molecule has 0 spiro atoms. The molecule has 0 amide bonds. The van der Waals surface area contributed by atoms with Gasteiger partial charge < -0.3 is 4.43 Å². The highest BCUT2D eigenvalue weighted by molar-refractivity contribution is 6.69. The van der Waals surface area contributed by atoms with E-state index in [4.69, 9.17) is 4.43 Å². The Hall–Kier alpha value is -0.863. The summed E-state index contributed by atoms with van der Waals surface area (Å²) in [5.74, 6) is 0. The van der Waals surface area contributed by atoms with Crippen LogP contribution in [0.3, 0.4) is 0 Å². The summed E-state index contributed by atoms with van der Waals surface area (Å²) in [6.07, 6.45) is 7.95. The van der Waals surface area contributed by atoms with E-state index >= 15 is 0 Å². The summed E-state index contributed by atoms with van der Waals surface area (Å²) in [4.78, 5) is 0. The normalized spacial score (nSPS) is 15.6. The van der Waals surface area contributed by atoms with Crippen LogP contribution < -0.4 is 0 Å². The average Bonchev–Trinajstić information content (AvgIpc) is 2.33. The number of hydrogen-bond donors (Lipinski definition) is 0. The molecule has 0 radical (unpaired) electrons. The summed E-state index contributed by atoms with van der Waals surface area (Å²) in [6.45, 7) is 11.2. The molecule has 0 fully saturated rings. The average molecular weight is 276 g/mol. The summed E-state index contributed by atoms with van der Waals surface area (Å²) in [5.41, 5.74) is 1.11. The fourth-order valence-corrected chi connectivity index (χ4v) is 3.80. The highest BCUT2D eigenvalue weighted by Crippen LogP contribution is 2.26. The van der Waals surface area contributed by atoms with E-state index in [0.29, 0.717) is 0 Å². The van der Waals surface area contributed by atoms with Crippen molar-refractivity contribution in [3.05, 3.63) is 42.0 Å². The van der Waals surface area contributed by atoms with Gasteiger partial charge in [-0.05, 0) is 38.5 Å². The zero-order valence-electron chi connectivity index (χ0n) is 13.1. The van der Waals surface area contributed by atoms with Crippen molar-refractivity contribution in [2.75, 3.05) is 0 Å². The van der Waals surface area contributed by atoms with E-state index in [-0.39, 0.29) is 5.60 Å². The third-order valence-electron chi connectivity index (χ3n) is 2.99. The summed E-state index contributed by atoms with van der Waals surface area (Å²) in [5, 5.41) is 0. The van der Waals surface area contributed by atoms with Crippen LogP contribution in [-0.2, 0) is 4.43 Å². The van der Waals surface area contributed by atoms with E-state index in [1.165, 1.54) is 18.4 Å². The third kappa shape index (κ3) is 6.74. The minimum Gasteiger partial charge on any atom is -0.409 e. The molecule has 0 bridgehead atoms. The van der Waals surface area contributed by atoms with Crippen molar-refractivity contribution in [3.63, 3.8) is 0 Å². The van der Waals surface area contributed by atoms with E-state index in [0.717, 1.165) is 6.42 Å². The van der Waals surface area contributed by atoms with E-state index in [1.807, 2.05) is 6.07 Å². The van der Waals surface area contributed by atoms with Crippen molar-refractivity contribution < 1.29 is 4.43 Å². The second kappa shape index (κ2) is 7.06. The Labute approximate surface area is 119 Å². The number of rotatable bonds is 7. The molecule has 1 aromatic carbocycles. The molecule has 0 aromatic heterocycles. The number of unbranched alkanes of at least 4 members (excludes halogenated alkanes) is 1. The lowest BCUT2D eigenvalue weighted by Gasteiger charge is -2.34. The molecule has 0 aliphatic carbocycles. The lowest BCUT2D eigenvalue weighted by Crippen LogP contribution is -2.39. The van der Waals surface area contributed by atoms with Gasteiger partial charge in [-0.3, -0.25) is 0 Å². The van der Waals surface area contributed by atoms with Crippen molar-refractivity contribution in [1.29, 1.82) is 0 Å². The van der Waals surface area contributed by atoms with Gasteiger partial charge in [0.1, 0.15) is 0 Å². The molecule has 0 saturated carbocycles. The Balaban J connectivity index is 2.82. The maximum Gasteiger partial charge on any atom is 0.184 e. The summed E-state index contributed by atoms with van der Waals surface area (Å²) < 4.78 is 6.40. The molecule has 1 nitrogen and oxygen atoms in total. The van der Waals surface area contributed by atoms with E-state index in [1.54, 1.807) is 0 Å². The Morgan fingerprint density at radius 1 is 1.16 bits per heavy atom. The zero-order chi connectivity index (χ0) is 14.4. The van der Waals surface area contributed by atoms with Gasteiger partial charge in [-0.2, -0.15) is 0 Å². The molecular formula is C17H28OSi. The summed E-state index contributed by atoms with van der Waals surface area (Å²) in [6, 6.07) is 10.5. The minimum atomic E-state index is -1.53. The van der Waals surface area contributed by atoms with Crippen molar-refractivity contribution >= 4 is 14.4 Å². The van der Waals surface area contributed by atoms with Crippen LogP contribution in [0.4, 0.5) is 0 Å². The first-order valence-electron chi connectivity index (χ1n) is 7.29. The molecular weight excluding hydrogens is 248 g/mol. The maximum atomic E-state index is 6.40. The molecule has 0 N–H and O–H groups in total. The lowest BCUT2D eigenvalue weighted by molar-refractivity contribution is 0.120. The van der Waals surface area contributed by atoms with Crippen LogP contribution in [0.25, 0.3) is 6.08 Å². The van der Waals surface area contributed by atoms with Crippen LogP contribution in [0.1, 0.15) is 38.7 Å². The summed E-state index contributed by atoms with van der Waals surface area (Å²) >= 11 is 0. The Kier molecular flexibility index (Phi) is 6.02. The van der Waals surface area contributed by atoms with Gasteiger partial charge in [-0.15, -0.1) is 0 Å². The SMILES string of the molecule is CCCCC(C)(/C=C/c1ccccc1)O[Si](C)(C)C. The molecule has 2 heteroatoms. The van der Waals surface area contributed by atoms with Gasteiger partial charge in [0.2, 0.25) is 0 Å². The van der Waals surface area contributed by atoms with Gasteiger partial charge in [0, 0.05) is 0 Å². The van der Waals surface area contributed by atoms with Crippen LogP contribution >= 0.6 is 0 Å². The highest BCUT2D eigenvalue weighted by atomic mass is 28.4. The van der Waals surface area contributed by atoms with Crippen LogP contribution in [0.5, 0.6) is 0 Å². The van der Waals surface area contributed by atoms with Crippen molar-refractivity contribution in [3.8, 4) is 0 Å². The second-order valence-electron chi connectivity index (χ2n) is 6.37. The standard InChI is InChI=1S/C17H28OSi/c1-6-7-14-17(2,18-19(3,4)5)15-13-16-11-9-8-10-12-16/h8-13,15H,6-7,14H2,1-5H3/b15-13+. The predicted molar refractivity (Wildman–Crippen MR) is 87.8 cm³/mol. The molecule has 1 aromatic rings. The quantitative estimate of drug-likeness (QED) is 0.597. The molecule has 1 rings (SSSR count). The molecule has 1 unspecified atom stereocenters. The van der Waals surface area contributed by atoms with Gasteiger partial charge in [-0.1, -0.05) is 62.2 Å². The highest BCUT2D eigenvalue weighted by Gasteiger charge is 2.28. The minimum absolute atomic E-state index is 0.129. The first kappa shape index (κ1) is 16.2. The molecule has 0 saturated heterocycles. The predicted octanol–water partition coefficient (Wildman–Crippen LogP) is 5.50. The Bertz CT molecular complexity index is 391. The fraction of sp³-hybridized carbons (Fsp3) is 0.529. The molecule has 106 valence electrons. The number of hydrogen-bond acceptors (Lipinski definition) is 1. The number of benzene rings is 1. The lowest BCUT2D eigenvalue weighted by atomic mass is 9.98. The van der Waals surface area contributed by atoms with E-state index < -0.39 is 8.32 Å². The van der Waals surface area contributed by atoms with E-state index in [2.05, 4.69) is 69.9 Å². The van der Waals surface area contributed by atoms with Gasteiger partial charge in [-0.25, -0.2) is 0 Å². The fourth-order valence-electron chi connectivity index (χ4n) is 2.23. The Morgan fingerprint density at radius 2 is 1.79 bits per heavy atom. The monoisotopic (exact) mass is 276 g/mol. The molecule has 0 aliphatic heterocycles. The van der Waals surface area contributed by atoms with Gasteiger partial charge in [0.15, 0.2) is 8.32 Å². The van der Waals surface area contributed by atoms with Gasteiger partial charge in [0.25, 0.3) is 0 Å². The van der Waals surface area contributed by atoms with Crippen LogP contribution in [0, 0.1) is 0 Å². The topological polar surface area (TPSA) is 9.23 Å². The molecule has 0 heterocycles. The molecule has 19 heavy (non-hydrogen) atoms. The van der Waals surface area contributed by atoms with Gasteiger partial charge in [0.05, 0.1) is 5.60 Å². The molecule has 1 atom stereocenters. The first-order chi connectivity index (χ1) is 8.85. The van der Waals surface area contributed by atoms with Crippen molar-refractivity contribution in [2.45, 2.75) is 58.4 Å². The maximum absolute atomic E-state index is 6.40. The van der Waals surface area contributed by atoms with Gasteiger partial charge >= 0.3 is 0 Å². The van der Waals surface area contributed by atoms with Crippen LogP contribution in [0.2, 0.25) is 19.6 Å².